The molecule has 2 rings (SSSR count). The number of halogens is 2. The molecule has 0 radical (unpaired) electrons. The van der Waals surface area contributed by atoms with Crippen molar-refractivity contribution in [3.05, 3.63) is 63.6 Å². The lowest BCUT2D eigenvalue weighted by Gasteiger charge is -2.09. The first kappa shape index (κ1) is 13.7. The molecule has 0 aliphatic carbocycles. The first-order chi connectivity index (χ1) is 9.20. The average Bonchev–Trinajstić information content (AvgIpc) is 2.40. The minimum atomic E-state index is 0.322. The second-order valence-corrected chi connectivity index (χ2v) is 4.65. The van der Waals surface area contributed by atoms with Crippen LogP contribution in [0.25, 0.3) is 0 Å². The summed E-state index contributed by atoms with van der Waals surface area (Å²) in [5.41, 5.74) is 1.68. The van der Waals surface area contributed by atoms with Crippen LogP contribution in [0.4, 0.5) is 0 Å². The van der Waals surface area contributed by atoms with E-state index < -0.39 is 0 Å². The van der Waals surface area contributed by atoms with Gasteiger partial charge in [0.25, 0.3) is 0 Å². The molecule has 0 unspecified atom stereocenters. The van der Waals surface area contributed by atoms with Crippen molar-refractivity contribution in [2.45, 2.75) is 6.61 Å². The van der Waals surface area contributed by atoms with Gasteiger partial charge in [-0.15, -0.1) is 0 Å². The van der Waals surface area contributed by atoms with Crippen molar-refractivity contribution < 1.29 is 4.74 Å². The zero-order valence-corrected chi connectivity index (χ0v) is 11.5. The number of rotatable bonds is 4. The zero-order chi connectivity index (χ0) is 13.7. The SMILES string of the molecule is NN=Cc1ccc(OCc2c(Cl)cccc2Cl)cc1. The van der Waals surface area contributed by atoms with E-state index in [1.54, 1.807) is 24.4 Å². The predicted molar refractivity (Wildman–Crippen MR) is 79.0 cm³/mol. The lowest BCUT2D eigenvalue weighted by Crippen LogP contribution is -1.97. The summed E-state index contributed by atoms with van der Waals surface area (Å²) in [4.78, 5) is 0. The Kier molecular flexibility index (Phi) is 4.66. The maximum absolute atomic E-state index is 6.07. The van der Waals surface area contributed by atoms with Gasteiger partial charge in [-0.05, 0) is 42.0 Å². The van der Waals surface area contributed by atoms with Gasteiger partial charge in [0.1, 0.15) is 12.4 Å². The van der Waals surface area contributed by atoms with Gasteiger partial charge in [0.2, 0.25) is 0 Å². The molecule has 0 saturated carbocycles. The monoisotopic (exact) mass is 294 g/mol. The molecular weight excluding hydrogens is 283 g/mol. The van der Waals surface area contributed by atoms with Gasteiger partial charge in [-0.25, -0.2) is 0 Å². The Bertz CT molecular complexity index is 562. The molecule has 2 N–H and O–H groups in total. The van der Waals surface area contributed by atoms with Gasteiger partial charge in [0, 0.05) is 15.6 Å². The maximum atomic E-state index is 6.07. The second kappa shape index (κ2) is 6.45. The molecule has 0 bridgehead atoms. The lowest BCUT2D eigenvalue weighted by atomic mass is 10.2. The Labute approximate surface area is 121 Å². The molecule has 5 heteroatoms. The fourth-order valence-corrected chi connectivity index (χ4v) is 2.07. The normalized spacial score (nSPS) is 10.8. The van der Waals surface area contributed by atoms with E-state index in [4.69, 9.17) is 33.8 Å². The van der Waals surface area contributed by atoms with Crippen LogP contribution in [0, 0.1) is 0 Å². The third-order valence-electron chi connectivity index (χ3n) is 2.55. The smallest absolute Gasteiger partial charge is 0.119 e. The second-order valence-electron chi connectivity index (χ2n) is 3.84. The highest BCUT2D eigenvalue weighted by atomic mass is 35.5. The zero-order valence-electron chi connectivity index (χ0n) is 10.0. The molecular formula is C14H12Cl2N2O. The number of hydrogen-bond acceptors (Lipinski definition) is 3. The largest absolute Gasteiger partial charge is 0.489 e. The summed E-state index contributed by atoms with van der Waals surface area (Å²) >= 11 is 12.1. The molecule has 0 atom stereocenters. The van der Waals surface area contributed by atoms with Gasteiger partial charge in [-0.3, -0.25) is 0 Å². The number of ether oxygens (including phenoxy) is 1. The van der Waals surface area contributed by atoms with Crippen molar-refractivity contribution in [2.75, 3.05) is 0 Å². The van der Waals surface area contributed by atoms with Crippen LogP contribution in [0.15, 0.2) is 47.6 Å². The summed E-state index contributed by atoms with van der Waals surface area (Å²) in [7, 11) is 0. The summed E-state index contributed by atoms with van der Waals surface area (Å²) < 4.78 is 5.64. The first-order valence-corrected chi connectivity index (χ1v) is 6.35. The van der Waals surface area contributed by atoms with Crippen molar-refractivity contribution in [1.82, 2.24) is 0 Å². The number of hydrazone groups is 1. The summed E-state index contributed by atoms with van der Waals surface area (Å²) in [6.07, 6.45) is 1.56. The van der Waals surface area contributed by atoms with Crippen molar-refractivity contribution in [1.29, 1.82) is 0 Å². The third kappa shape index (κ3) is 3.63. The topological polar surface area (TPSA) is 47.6 Å². The van der Waals surface area contributed by atoms with Crippen LogP contribution in [0.1, 0.15) is 11.1 Å². The Morgan fingerprint density at radius 3 is 2.26 bits per heavy atom. The highest BCUT2D eigenvalue weighted by Crippen LogP contribution is 2.25. The number of nitrogens with zero attached hydrogens (tertiary/aromatic N) is 1. The van der Waals surface area contributed by atoms with Gasteiger partial charge >= 0.3 is 0 Å². The Morgan fingerprint density at radius 1 is 1.05 bits per heavy atom. The van der Waals surface area contributed by atoms with Crippen LogP contribution in [0.2, 0.25) is 10.0 Å². The molecule has 0 aromatic heterocycles. The Hall–Kier alpha value is -1.71. The van der Waals surface area contributed by atoms with E-state index in [9.17, 15) is 0 Å². The fourth-order valence-electron chi connectivity index (χ4n) is 1.56. The molecule has 0 fully saturated rings. The maximum Gasteiger partial charge on any atom is 0.119 e. The standard InChI is InChI=1S/C14H12Cl2N2O/c15-13-2-1-3-14(16)12(13)9-19-11-6-4-10(5-7-11)8-18-17/h1-8H,9,17H2. The van der Waals surface area contributed by atoms with E-state index in [0.29, 0.717) is 16.7 Å². The van der Waals surface area contributed by atoms with E-state index in [0.717, 1.165) is 16.9 Å². The minimum absolute atomic E-state index is 0.322. The Balaban J connectivity index is 2.06. The predicted octanol–water partition coefficient (Wildman–Crippen LogP) is 3.87. The summed E-state index contributed by atoms with van der Waals surface area (Å²) in [5.74, 6) is 5.80. The quantitative estimate of drug-likeness (QED) is 0.529. The molecule has 98 valence electrons. The van der Waals surface area contributed by atoms with Gasteiger partial charge in [0.05, 0.1) is 6.21 Å². The molecule has 2 aromatic carbocycles. The highest BCUT2D eigenvalue weighted by Gasteiger charge is 2.06. The molecule has 19 heavy (non-hydrogen) atoms. The van der Waals surface area contributed by atoms with E-state index in [1.165, 1.54) is 0 Å². The van der Waals surface area contributed by atoms with Gasteiger partial charge < -0.3 is 10.6 Å². The van der Waals surface area contributed by atoms with Crippen LogP contribution in [-0.2, 0) is 6.61 Å². The van der Waals surface area contributed by atoms with E-state index in [2.05, 4.69) is 5.10 Å². The molecule has 3 nitrogen and oxygen atoms in total. The third-order valence-corrected chi connectivity index (χ3v) is 3.26. The van der Waals surface area contributed by atoms with Crippen LogP contribution < -0.4 is 10.6 Å². The van der Waals surface area contributed by atoms with Crippen molar-refractivity contribution in [2.24, 2.45) is 10.9 Å². The molecule has 0 heterocycles. The van der Waals surface area contributed by atoms with Crippen LogP contribution in [-0.4, -0.2) is 6.21 Å². The number of nitrogens with two attached hydrogens (primary N) is 1. The van der Waals surface area contributed by atoms with Crippen LogP contribution in [0.3, 0.4) is 0 Å². The van der Waals surface area contributed by atoms with E-state index >= 15 is 0 Å². The Morgan fingerprint density at radius 2 is 1.68 bits per heavy atom. The lowest BCUT2D eigenvalue weighted by molar-refractivity contribution is 0.306. The summed E-state index contributed by atoms with van der Waals surface area (Å²) in [6, 6.07) is 12.8. The average molecular weight is 295 g/mol. The highest BCUT2D eigenvalue weighted by molar-refractivity contribution is 6.35. The molecule has 0 aliphatic rings. The van der Waals surface area contributed by atoms with E-state index in [-0.39, 0.29) is 0 Å². The van der Waals surface area contributed by atoms with Gasteiger partial charge in [-0.1, -0.05) is 29.3 Å². The van der Waals surface area contributed by atoms with Crippen molar-refractivity contribution >= 4 is 29.4 Å². The molecule has 0 aliphatic heterocycles. The number of hydrogen-bond donors (Lipinski definition) is 1. The fraction of sp³-hybridized carbons (Fsp3) is 0.0714. The molecule has 2 aromatic rings. The minimum Gasteiger partial charge on any atom is -0.489 e. The first-order valence-electron chi connectivity index (χ1n) is 5.59. The van der Waals surface area contributed by atoms with Crippen LogP contribution >= 0.6 is 23.2 Å². The summed E-state index contributed by atoms with van der Waals surface area (Å²) in [5, 5.41) is 4.64. The summed E-state index contributed by atoms with van der Waals surface area (Å²) in [6.45, 7) is 0.322. The van der Waals surface area contributed by atoms with Crippen LogP contribution in [0.5, 0.6) is 5.75 Å². The van der Waals surface area contributed by atoms with E-state index in [1.807, 2.05) is 24.3 Å². The number of benzene rings is 2. The van der Waals surface area contributed by atoms with Gasteiger partial charge in [-0.2, -0.15) is 5.10 Å². The van der Waals surface area contributed by atoms with Crippen molar-refractivity contribution in [3.8, 4) is 5.75 Å². The molecule has 0 amide bonds. The molecule has 0 spiro atoms. The molecule has 0 saturated heterocycles. The van der Waals surface area contributed by atoms with Crippen molar-refractivity contribution in [3.63, 3.8) is 0 Å². The van der Waals surface area contributed by atoms with Gasteiger partial charge in [0.15, 0.2) is 0 Å².